The Hall–Kier alpha value is -2.67. The summed E-state index contributed by atoms with van der Waals surface area (Å²) in [4.78, 5) is 16.9. The molecular formula is C17H13FN4OS. The lowest BCUT2D eigenvalue weighted by molar-refractivity contribution is 0.628. The van der Waals surface area contributed by atoms with Gasteiger partial charge in [0.25, 0.3) is 5.56 Å². The molecule has 4 aromatic rings. The van der Waals surface area contributed by atoms with E-state index < -0.39 is 0 Å². The first-order valence-corrected chi connectivity index (χ1v) is 8.05. The molecule has 3 aromatic heterocycles. The van der Waals surface area contributed by atoms with E-state index in [4.69, 9.17) is 0 Å². The molecule has 0 spiro atoms. The van der Waals surface area contributed by atoms with Crippen LogP contribution in [0.5, 0.6) is 0 Å². The van der Waals surface area contributed by atoms with Crippen molar-refractivity contribution >= 4 is 29.2 Å². The normalized spacial score (nSPS) is 11.4. The van der Waals surface area contributed by atoms with E-state index in [1.54, 1.807) is 39.8 Å². The van der Waals surface area contributed by atoms with Crippen molar-refractivity contribution in [2.75, 3.05) is 5.75 Å². The van der Waals surface area contributed by atoms with Crippen LogP contribution in [-0.4, -0.2) is 24.9 Å². The van der Waals surface area contributed by atoms with Crippen molar-refractivity contribution in [1.82, 2.24) is 19.2 Å². The zero-order valence-electron chi connectivity index (χ0n) is 12.6. The van der Waals surface area contributed by atoms with Crippen molar-refractivity contribution in [3.8, 4) is 11.1 Å². The molecule has 0 unspecified atom stereocenters. The van der Waals surface area contributed by atoms with Gasteiger partial charge in [-0.3, -0.25) is 4.79 Å². The molecule has 1 aromatic carbocycles. The van der Waals surface area contributed by atoms with E-state index in [0.717, 1.165) is 11.1 Å². The van der Waals surface area contributed by atoms with E-state index >= 15 is 0 Å². The molecule has 0 atom stereocenters. The van der Waals surface area contributed by atoms with Gasteiger partial charge in [0, 0.05) is 30.3 Å². The van der Waals surface area contributed by atoms with Crippen LogP contribution in [0.4, 0.5) is 4.39 Å². The number of rotatable bonds is 3. The fourth-order valence-electron chi connectivity index (χ4n) is 2.77. The highest BCUT2D eigenvalue weighted by atomic mass is 32.1. The molecule has 120 valence electrons. The van der Waals surface area contributed by atoms with E-state index in [-0.39, 0.29) is 11.4 Å². The first kappa shape index (κ1) is 14.9. The van der Waals surface area contributed by atoms with Crippen molar-refractivity contribution in [1.29, 1.82) is 0 Å². The van der Waals surface area contributed by atoms with Crippen LogP contribution in [0, 0.1) is 5.82 Å². The molecule has 3 heterocycles. The molecule has 0 aliphatic heterocycles. The lowest BCUT2D eigenvalue weighted by Crippen LogP contribution is -2.21. The van der Waals surface area contributed by atoms with Gasteiger partial charge in [0.05, 0.1) is 17.1 Å². The molecular weight excluding hydrogens is 327 g/mol. The van der Waals surface area contributed by atoms with Gasteiger partial charge in [0.15, 0.2) is 5.65 Å². The van der Waals surface area contributed by atoms with Gasteiger partial charge in [-0.15, -0.1) is 0 Å². The second-order valence-corrected chi connectivity index (χ2v) is 5.84. The van der Waals surface area contributed by atoms with E-state index in [0.29, 0.717) is 28.8 Å². The maximum Gasteiger partial charge on any atom is 0.261 e. The molecule has 0 N–H and O–H groups in total. The first-order chi connectivity index (χ1) is 11.7. The highest BCUT2D eigenvalue weighted by molar-refractivity contribution is 7.80. The molecule has 0 saturated heterocycles. The highest BCUT2D eigenvalue weighted by Crippen LogP contribution is 2.25. The number of aromatic nitrogens is 4. The molecule has 0 radical (unpaired) electrons. The van der Waals surface area contributed by atoms with Gasteiger partial charge < -0.3 is 4.57 Å². The number of thiol groups is 1. The minimum Gasteiger partial charge on any atom is -0.314 e. The molecule has 0 aliphatic carbocycles. The third-order valence-electron chi connectivity index (χ3n) is 3.96. The largest absolute Gasteiger partial charge is 0.314 e. The van der Waals surface area contributed by atoms with Gasteiger partial charge in [-0.1, -0.05) is 12.1 Å². The Bertz CT molecular complexity index is 1100. The molecule has 0 amide bonds. The number of halogens is 1. The van der Waals surface area contributed by atoms with Crippen molar-refractivity contribution in [2.45, 2.75) is 6.54 Å². The zero-order valence-corrected chi connectivity index (χ0v) is 13.4. The summed E-state index contributed by atoms with van der Waals surface area (Å²) in [5, 5.41) is 4.86. The fraction of sp³-hybridized carbons (Fsp3) is 0.118. The number of fused-ring (bicyclic) bond motifs is 3. The number of hydrogen-bond acceptors (Lipinski definition) is 4. The van der Waals surface area contributed by atoms with E-state index in [1.807, 2.05) is 6.07 Å². The minimum atomic E-state index is -0.293. The summed E-state index contributed by atoms with van der Waals surface area (Å²) in [6.45, 7) is 0.538. The van der Waals surface area contributed by atoms with Crippen LogP contribution in [0.3, 0.4) is 0 Å². The smallest absolute Gasteiger partial charge is 0.261 e. The number of pyridine rings is 1. The van der Waals surface area contributed by atoms with E-state index in [1.165, 1.54) is 12.1 Å². The Morgan fingerprint density at radius 3 is 2.67 bits per heavy atom. The summed E-state index contributed by atoms with van der Waals surface area (Å²) in [6.07, 6.45) is 4.98. The van der Waals surface area contributed by atoms with Crippen LogP contribution >= 0.6 is 12.6 Å². The minimum absolute atomic E-state index is 0.116. The van der Waals surface area contributed by atoms with Crippen molar-refractivity contribution < 1.29 is 4.39 Å². The average molecular weight is 340 g/mol. The molecule has 7 heteroatoms. The second kappa shape index (κ2) is 5.76. The van der Waals surface area contributed by atoms with Crippen LogP contribution in [0.25, 0.3) is 27.7 Å². The Labute approximate surface area is 141 Å². The maximum absolute atomic E-state index is 13.1. The lowest BCUT2D eigenvalue weighted by atomic mass is 10.1. The van der Waals surface area contributed by atoms with E-state index in [2.05, 4.69) is 22.7 Å². The average Bonchev–Trinajstić information content (AvgIpc) is 3.02. The van der Waals surface area contributed by atoms with Gasteiger partial charge >= 0.3 is 0 Å². The summed E-state index contributed by atoms with van der Waals surface area (Å²) < 4.78 is 16.4. The summed E-state index contributed by atoms with van der Waals surface area (Å²) >= 11 is 4.16. The molecule has 4 rings (SSSR count). The van der Waals surface area contributed by atoms with Gasteiger partial charge in [-0.05, 0) is 23.8 Å². The van der Waals surface area contributed by atoms with Crippen LogP contribution < -0.4 is 5.56 Å². The fourth-order valence-corrected chi connectivity index (χ4v) is 2.99. The number of nitrogens with zero attached hydrogens (tertiary/aromatic N) is 4. The monoisotopic (exact) mass is 340 g/mol. The Kier molecular flexibility index (Phi) is 3.57. The quantitative estimate of drug-likeness (QED) is 0.584. The number of hydrogen-bond donors (Lipinski definition) is 1. The Morgan fingerprint density at radius 1 is 1.12 bits per heavy atom. The van der Waals surface area contributed by atoms with Crippen molar-refractivity contribution in [3.05, 3.63) is 65.1 Å². The van der Waals surface area contributed by atoms with Crippen molar-refractivity contribution in [3.63, 3.8) is 0 Å². The van der Waals surface area contributed by atoms with Crippen molar-refractivity contribution in [2.24, 2.45) is 0 Å². The third kappa shape index (κ3) is 2.28. The summed E-state index contributed by atoms with van der Waals surface area (Å²) in [5.74, 6) is 0.288. The maximum atomic E-state index is 13.1. The zero-order chi connectivity index (χ0) is 16.7. The van der Waals surface area contributed by atoms with Gasteiger partial charge in [-0.2, -0.15) is 17.7 Å². The summed E-state index contributed by atoms with van der Waals surface area (Å²) in [7, 11) is 0. The highest BCUT2D eigenvalue weighted by Gasteiger charge is 2.12. The van der Waals surface area contributed by atoms with Crippen LogP contribution in [-0.2, 0) is 6.54 Å². The predicted octanol–water partition coefficient (Wildman–Crippen LogP) is 2.78. The third-order valence-corrected chi connectivity index (χ3v) is 4.16. The van der Waals surface area contributed by atoms with Crippen LogP contribution in [0.2, 0.25) is 0 Å². The lowest BCUT2D eigenvalue weighted by Gasteiger charge is -2.06. The first-order valence-electron chi connectivity index (χ1n) is 7.42. The van der Waals surface area contributed by atoms with Gasteiger partial charge in [0.2, 0.25) is 0 Å². The summed E-state index contributed by atoms with van der Waals surface area (Å²) in [6, 6.07) is 8.01. The summed E-state index contributed by atoms with van der Waals surface area (Å²) in [5.41, 5.74) is 2.81. The second-order valence-electron chi connectivity index (χ2n) is 5.40. The van der Waals surface area contributed by atoms with Gasteiger partial charge in [-0.25, -0.2) is 13.9 Å². The molecule has 0 aliphatic rings. The number of aryl methyl sites for hydroxylation is 1. The van der Waals surface area contributed by atoms with E-state index in [9.17, 15) is 9.18 Å². The Morgan fingerprint density at radius 2 is 1.92 bits per heavy atom. The molecule has 24 heavy (non-hydrogen) atoms. The molecule has 0 fully saturated rings. The van der Waals surface area contributed by atoms with Crippen LogP contribution in [0.1, 0.15) is 0 Å². The molecule has 0 saturated carbocycles. The molecule has 5 nitrogen and oxygen atoms in total. The molecule has 0 bridgehead atoms. The van der Waals surface area contributed by atoms with Crippen LogP contribution in [0.15, 0.2) is 53.7 Å². The SMILES string of the molecule is O=c1c2cnc3c(-c4ccc(F)cc4)cnn3c2ccn1CCS. The topological polar surface area (TPSA) is 52.2 Å². The standard InChI is InChI=1S/C17H13FN4OS/c18-12-3-1-11(2-4-12)13-10-20-22-15-5-6-21(7-8-24)17(23)14(15)9-19-16(13)22/h1-6,9-10,24H,7-8H2. The Balaban J connectivity index is 1.96. The van der Waals surface area contributed by atoms with Gasteiger partial charge in [0.1, 0.15) is 5.82 Å². The predicted molar refractivity (Wildman–Crippen MR) is 94.0 cm³/mol. The number of benzene rings is 1.